The Labute approximate surface area is 114 Å². The maximum absolute atomic E-state index is 12.0. The molecular weight excluding hydrogens is 270 g/mol. The van der Waals surface area contributed by atoms with Crippen molar-refractivity contribution in [1.82, 2.24) is 10.3 Å². The number of carbonyl (C=O) groups excluding carboxylic acids is 1. The van der Waals surface area contributed by atoms with Gasteiger partial charge in [-0.3, -0.25) is 9.78 Å². The number of aromatic nitrogens is 1. The predicted molar refractivity (Wildman–Crippen MR) is 74.3 cm³/mol. The van der Waals surface area contributed by atoms with Crippen LogP contribution in [0.4, 0.5) is 5.69 Å². The first-order chi connectivity index (χ1) is 8.70. The van der Waals surface area contributed by atoms with E-state index in [0.29, 0.717) is 17.1 Å². The number of carbonyl (C=O) groups is 1. The summed E-state index contributed by atoms with van der Waals surface area (Å²) in [5, 5.41) is 6.34. The van der Waals surface area contributed by atoms with Crippen molar-refractivity contribution in [3.05, 3.63) is 45.4 Å². The minimum absolute atomic E-state index is 0.157. The van der Waals surface area contributed by atoms with E-state index in [0.717, 1.165) is 10.6 Å². The summed E-state index contributed by atoms with van der Waals surface area (Å²) in [6.45, 7) is 0.471. The molecule has 0 spiro atoms. The SMILES string of the molecule is CNc1ccc(Cl)cc1C(=O)NCc1cncs1. The van der Waals surface area contributed by atoms with Gasteiger partial charge in [0.15, 0.2) is 0 Å². The first-order valence-electron chi connectivity index (χ1n) is 5.33. The molecule has 6 heteroatoms. The summed E-state index contributed by atoms with van der Waals surface area (Å²) in [6, 6.07) is 5.17. The van der Waals surface area contributed by atoms with E-state index in [-0.39, 0.29) is 5.91 Å². The lowest BCUT2D eigenvalue weighted by molar-refractivity contribution is 0.0952. The number of halogens is 1. The van der Waals surface area contributed by atoms with Crippen LogP contribution >= 0.6 is 22.9 Å². The summed E-state index contributed by atoms with van der Waals surface area (Å²) < 4.78 is 0. The molecule has 0 atom stereocenters. The van der Waals surface area contributed by atoms with Crippen LogP contribution < -0.4 is 10.6 Å². The first kappa shape index (κ1) is 12.9. The Balaban J connectivity index is 2.10. The van der Waals surface area contributed by atoms with Gasteiger partial charge >= 0.3 is 0 Å². The molecule has 0 saturated carbocycles. The van der Waals surface area contributed by atoms with E-state index in [1.807, 2.05) is 0 Å². The number of benzene rings is 1. The first-order valence-corrected chi connectivity index (χ1v) is 6.59. The van der Waals surface area contributed by atoms with Crippen molar-refractivity contribution >= 4 is 34.5 Å². The zero-order valence-electron chi connectivity index (χ0n) is 9.74. The standard InChI is InChI=1S/C12H12ClN3OS/c1-14-11-3-2-8(13)4-10(11)12(17)16-6-9-5-15-7-18-9/h2-5,7,14H,6H2,1H3,(H,16,17). The van der Waals surface area contributed by atoms with Gasteiger partial charge in [0.25, 0.3) is 5.91 Å². The molecule has 0 aliphatic rings. The molecule has 1 aromatic carbocycles. The molecule has 0 radical (unpaired) electrons. The third-order valence-corrected chi connectivity index (χ3v) is 3.42. The minimum atomic E-state index is -0.157. The Morgan fingerprint density at radius 3 is 3.00 bits per heavy atom. The third kappa shape index (κ3) is 3.00. The number of hydrogen-bond donors (Lipinski definition) is 2. The predicted octanol–water partition coefficient (Wildman–Crippen LogP) is 2.77. The molecular formula is C12H12ClN3OS. The van der Waals surface area contributed by atoms with Gasteiger partial charge < -0.3 is 10.6 Å². The molecule has 4 nitrogen and oxygen atoms in total. The number of anilines is 1. The lowest BCUT2D eigenvalue weighted by Crippen LogP contribution is -2.23. The Morgan fingerprint density at radius 2 is 2.33 bits per heavy atom. The van der Waals surface area contributed by atoms with Crippen LogP contribution in [-0.4, -0.2) is 17.9 Å². The fourth-order valence-electron chi connectivity index (χ4n) is 1.51. The van der Waals surface area contributed by atoms with Crippen molar-refractivity contribution in [2.24, 2.45) is 0 Å². The fourth-order valence-corrected chi connectivity index (χ4v) is 2.22. The van der Waals surface area contributed by atoms with Crippen LogP contribution in [-0.2, 0) is 6.54 Å². The van der Waals surface area contributed by atoms with Gasteiger partial charge in [-0.15, -0.1) is 11.3 Å². The molecule has 0 saturated heterocycles. The van der Waals surface area contributed by atoms with Crippen molar-refractivity contribution in [2.45, 2.75) is 6.54 Å². The maximum atomic E-state index is 12.0. The molecule has 2 rings (SSSR count). The van der Waals surface area contributed by atoms with Crippen LogP contribution in [0.5, 0.6) is 0 Å². The Bertz CT molecular complexity index is 542. The molecule has 0 aliphatic heterocycles. The van der Waals surface area contributed by atoms with Crippen molar-refractivity contribution in [2.75, 3.05) is 12.4 Å². The van der Waals surface area contributed by atoms with Crippen molar-refractivity contribution in [3.63, 3.8) is 0 Å². The van der Waals surface area contributed by atoms with E-state index in [2.05, 4.69) is 15.6 Å². The zero-order valence-corrected chi connectivity index (χ0v) is 11.3. The lowest BCUT2D eigenvalue weighted by Gasteiger charge is -2.09. The largest absolute Gasteiger partial charge is 0.387 e. The normalized spacial score (nSPS) is 10.1. The van der Waals surface area contributed by atoms with E-state index >= 15 is 0 Å². The highest BCUT2D eigenvalue weighted by Crippen LogP contribution is 2.20. The molecule has 2 aromatic rings. The fraction of sp³-hybridized carbons (Fsp3) is 0.167. The average molecular weight is 282 g/mol. The van der Waals surface area contributed by atoms with Crippen LogP contribution in [0.15, 0.2) is 29.9 Å². The van der Waals surface area contributed by atoms with E-state index in [9.17, 15) is 4.79 Å². The Morgan fingerprint density at radius 1 is 1.50 bits per heavy atom. The molecule has 0 fully saturated rings. The van der Waals surface area contributed by atoms with Crippen molar-refractivity contribution in [3.8, 4) is 0 Å². The summed E-state index contributed by atoms with van der Waals surface area (Å²) in [5.74, 6) is -0.157. The van der Waals surface area contributed by atoms with Crippen molar-refractivity contribution in [1.29, 1.82) is 0 Å². The second-order valence-electron chi connectivity index (χ2n) is 3.59. The van der Waals surface area contributed by atoms with Gasteiger partial charge in [0.05, 0.1) is 17.6 Å². The minimum Gasteiger partial charge on any atom is -0.387 e. The summed E-state index contributed by atoms with van der Waals surface area (Å²) in [5.41, 5.74) is 3.02. The lowest BCUT2D eigenvalue weighted by atomic mass is 10.1. The van der Waals surface area contributed by atoms with Crippen LogP contribution in [0.3, 0.4) is 0 Å². The van der Waals surface area contributed by atoms with E-state index < -0.39 is 0 Å². The second-order valence-corrected chi connectivity index (χ2v) is 5.00. The molecule has 2 N–H and O–H groups in total. The quantitative estimate of drug-likeness (QED) is 0.906. The molecule has 1 amide bonds. The molecule has 94 valence electrons. The molecule has 0 unspecified atom stereocenters. The van der Waals surface area contributed by atoms with Gasteiger partial charge in [0.1, 0.15) is 0 Å². The van der Waals surface area contributed by atoms with Gasteiger partial charge in [0, 0.05) is 28.8 Å². The molecule has 1 heterocycles. The van der Waals surface area contributed by atoms with Gasteiger partial charge in [0.2, 0.25) is 0 Å². The molecule has 1 aromatic heterocycles. The summed E-state index contributed by atoms with van der Waals surface area (Å²) in [7, 11) is 1.77. The third-order valence-electron chi connectivity index (χ3n) is 2.40. The number of nitrogens with one attached hydrogen (secondary N) is 2. The monoisotopic (exact) mass is 281 g/mol. The molecule has 18 heavy (non-hydrogen) atoms. The Hall–Kier alpha value is -1.59. The van der Waals surface area contributed by atoms with E-state index in [1.165, 1.54) is 11.3 Å². The van der Waals surface area contributed by atoms with Crippen LogP contribution in [0.1, 0.15) is 15.2 Å². The summed E-state index contributed by atoms with van der Waals surface area (Å²) in [6.07, 6.45) is 1.74. The van der Waals surface area contributed by atoms with Crippen molar-refractivity contribution < 1.29 is 4.79 Å². The van der Waals surface area contributed by atoms with Gasteiger partial charge in [-0.25, -0.2) is 0 Å². The van der Waals surface area contributed by atoms with Crippen LogP contribution in [0, 0.1) is 0 Å². The number of amides is 1. The zero-order chi connectivity index (χ0) is 13.0. The van der Waals surface area contributed by atoms with Gasteiger partial charge in [-0.05, 0) is 18.2 Å². The molecule has 0 bridgehead atoms. The number of nitrogens with zero attached hydrogens (tertiary/aromatic N) is 1. The highest BCUT2D eigenvalue weighted by atomic mass is 35.5. The second kappa shape index (κ2) is 5.84. The number of thiazole rings is 1. The van der Waals surface area contributed by atoms with E-state index in [4.69, 9.17) is 11.6 Å². The number of hydrogen-bond acceptors (Lipinski definition) is 4. The average Bonchev–Trinajstić information content (AvgIpc) is 2.89. The van der Waals surface area contributed by atoms with Crippen LogP contribution in [0.2, 0.25) is 5.02 Å². The maximum Gasteiger partial charge on any atom is 0.253 e. The molecule has 0 aliphatic carbocycles. The van der Waals surface area contributed by atoms with Gasteiger partial charge in [-0.1, -0.05) is 11.6 Å². The van der Waals surface area contributed by atoms with E-state index in [1.54, 1.807) is 37.0 Å². The highest BCUT2D eigenvalue weighted by Gasteiger charge is 2.11. The van der Waals surface area contributed by atoms with Crippen LogP contribution in [0.25, 0.3) is 0 Å². The summed E-state index contributed by atoms with van der Waals surface area (Å²) in [4.78, 5) is 17.0. The highest BCUT2D eigenvalue weighted by molar-refractivity contribution is 7.09. The topological polar surface area (TPSA) is 54.0 Å². The van der Waals surface area contributed by atoms with Gasteiger partial charge in [-0.2, -0.15) is 0 Å². The Kier molecular flexibility index (Phi) is 4.17. The smallest absolute Gasteiger partial charge is 0.253 e. The summed E-state index contributed by atoms with van der Waals surface area (Å²) >= 11 is 7.41. The number of rotatable bonds is 4.